The highest BCUT2D eigenvalue weighted by molar-refractivity contribution is 7.11. The molecule has 1 aromatic rings. The number of ether oxygens (including phenoxy) is 1. The Morgan fingerprint density at radius 1 is 1.31 bits per heavy atom. The van der Waals surface area contributed by atoms with Crippen LogP contribution in [-0.2, 0) is 11.3 Å². The first-order valence-corrected chi connectivity index (χ1v) is 6.77. The Morgan fingerprint density at radius 3 is 2.75 bits per heavy atom. The summed E-state index contributed by atoms with van der Waals surface area (Å²) in [6.45, 7) is 9.79. The quantitative estimate of drug-likeness (QED) is 0.712. The summed E-state index contributed by atoms with van der Waals surface area (Å²) in [7, 11) is 0. The zero-order valence-electron chi connectivity index (χ0n) is 10.5. The van der Waals surface area contributed by atoms with Gasteiger partial charge in [-0.1, -0.05) is 13.3 Å². The van der Waals surface area contributed by atoms with Crippen molar-refractivity contribution in [1.82, 2.24) is 10.3 Å². The largest absolute Gasteiger partial charge is 0.380 e. The zero-order valence-corrected chi connectivity index (χ0v) is 11.3. The highest BCUT2D eigenvalue weighted by atomic mass is 32.1. The fourth-order valence-electron chi connectivity index (χ4n) is 1.30. The Kier molecular flexibility index (Phi) is 6.61. The summed E-state index contributed by atoms with van der Waals surface area (Å²) < 4.78 is 5.46. The molecule has 1 aromatic heterocycles. The molecule has 4 heteroatoms. The van der Waals surface area contributed by atoms with Crippen molar-refractivity contribution >= 4 is 11.3 Å². The fraction of sp³-hybridized carbons (Fsp3) is 0.750. The summed E-state index contributed by atoms with van der Waals surface area (Å²) in [4.78, 5) is 5.79. The smallest absolute Gasteiger partial charge is 0.107 e. The van der Waals surface area contributed by atoms with Crippen LogP contribution in [0, 0.1) is 13.8 Å². The number of nitrogens with zero attached hydrogens (tertiary/aromatic N) is 1. The zero-order chi connectivity index (χ0) is 11.8. The second-order valence-electron chi connectivity index (χ2n) is 3.89. The minimum absolute atomic E-state index is 0.795. The third kappa shape index (κ3) is 5.05. The molecule has 0 unspecified atom stereocenters. The van der Waals surface area contributed by atoms with E-state index in [1.807, 2.05) is 0 Å². The maximum absolute atomic E-state index is 5.46. The highest BCUT2D eigenvalue weighted by Crippen LogP contribution is 2.15. The summed E-state index contributed by atoms with van der Waals surface area (Å²) in [6.07, 6.45) is 2.36. The molecule has 0 bridgehead atoms. The van der Waals surface area contributed by atoms with Crippen molar-refractivity contribution in [3.63, 3.8) is 0 Å². The first-order valence-electron chi connectivity index (χ1n) is 5.95. The molecule has 0 spiro atoms. The first-order chi connectivity index (χ1) is 7.74. The van der Waals surface area contributed by atoms with Crippen LogP contribution in [0.25, 0.3) is 0 Å². The Labute approximate surface area is 102 Å². The van der Waals surface area contributed by atoms with Gasteiger partial charge in [0.1, 0.15) is 5.01 Å². The Hall–Kier alpha value is -0.450. The van der Waals surface area contributed by atoms with Gasteiger partial charge in [-0.15, -0.1) is 11.3 Å². The van der Waals surface area contributed by atoms with E-state index in [0.717, 1.165) is 38.4 Å². The van der Waals surface area contributed by atoms with Crippen LogP contribution >= 0.6 is 11.3 Å². The molecule has 0 saturated carbocycles. The van der Waals surface area contributed by atoms with E-state index in [2.05, 4.69) is 31.1 Å². The Balaban J connectivity index is 2.03. The number of hydrogen-bond acceptors (Lipinski definition) is 4. The molecule has 1 rings (SSSR count). The number of thiazole rings is 1. The second kappa shape index (κ2) is 7.76. The topological polar surface area (TPSA) is 34.1 Å². The molecule has 0 atom stereocenters. The Bertz CT molecular complexity index is 280. The minimum Gasteiger partial charge on any atom is -0.380 e. The van der Waals surface area contributed by atoms with Crippen molar-refractivity contribution in [2.45, 2.75) is 40.2 Å². The van der Waals surface area contributed by atoms with E-state index in [9.17, 15) is 0 Å². The van der Waals surface area contributed by atoms with Gasteiger partial charge in [0.05, 0.1) is 12.3 Å². The third-order valence-corrected chi connectivity index (χ3v) is 3.49. The lowest BCUT2D eigenvalue weighted by atomic mass is 10.4. The van der Waals surface area contributed by atoms with Gasteiger partial charge in [0.2, 0.25) is 0 Å². The molecular formula is C12H22N2OS. The normalized spacial score (nSPS) is 10.9. The third-order valence-electron chi connectivity index (χ3n) is 2.41. The molecule has 3 nitrogen and oxygen atoms in total. The fourth-order valence-corrected chi connectivity index (χ4v) is 2.21. The van der Waals surface area contributed by atoms with Crippen molar-refractivity contribution in [1.29, 1.82) is 0 Å². The molecule has 0 fully saturated rings. The van der Waals surface area contributed by atoms with Gasteiger partial charge >= 0.3 is 0 Å². The number of rotatable bonds is 8. The molecule has 1 heterocycles. The summed E-state index contributed by atoms with van der Waals surface area (Å²) in [5, 5.41) is 4.51. The SMILES string of the molecule is CCCCOCCNCc1nc(C)c(C)s1. The summed E-state index contributed by atoms with van der Waals surface area (Å²) in [5.41, 5.74) is 1.15. The van der Waals surface area contributed by atoms with Crippen LogP contribution in [0.4, 0.5) is 0 Å². The maximum atomic E-state index is 5.46. The number of nitrogens with one attached hydrogen (secondary N) is 1. The molecular weight excluding hydrogens is 220 g/mol. The van der Waals surface area contributed by atoms with Crippen LogP contribution in [0.2, 0.25) is 0 Å². The van der Waals surface area contributed by atoms with Crippen molar-refractivity contribution in [3.8, 4) is 0 Å². The van der Waals surface area contributed by atoms with E-state index in [1.165, 1.54) is 16.3 Å². The summed E-state index contributed by atoms with van der Waals surface area (Å²) in [5.74, 6) is 0. The average Bonchev–Trinajstić information content (AvgIpc) is 2.57. The van der Waals surface area contributed by atoms with Crippen LogP contribution in [0.3, 0.4) is 0 Å². The summed E-state index contributed by atoms with van der Waals surface area (Å²) >= 11 is 1.77. The van der Waals surface area contributed by atoms with Crippen LogP contribution in [0.5, 0.6) is 0 Å². The van der Waals surface area contributed by atoms with Gasteiger partial charge < -0.3 is 10.1 Å². The van der Waals surface area contributed by atoms with E-state index in [0.29, 0.717) is 0 Å². The molecule has 0 radical (unpaired) electrons. The van der Waals surface area contributed by atoms with Crippen LogP contribution in [0.15, 0.2) is 0 Å². The predicted molar refractivity (Wildman–Crippen MR) is 69.0 cm³/mol. The van der Waals surface area contributed by atoms with Crippen molar-refractivity contribution in [3.05, 3.63) is 15.6 Å². The molecule has 92 valence electrons. The second-order valence-corrected chi connectivity index (χ2v) is 5.18. The predicted octanol–water partition coefficient (Wildman–Crippen LogP) is 2.67. The lowest BCUT2D eigenvalue weighted by Gasteiger charge is -2.03. The molecule has 0 saturated heterocycles. The van der Waals surface area contributed by atoms with E-state index < -0.39 is 0 Å². The van der Waals surface area contributed by atoms with Gasteiger partial charge in [-0.2, -0.15) is 0 Å². The van der Waals surface area contributed by atoms with Crippen LogP contribution in [-0.4, -0.2) is 24.7 Å². The van der Waals surface area contributed by atoms with Gasteiger partial charge in [-0.05, 0) is 20.3 Å². The first kappa shape index (κ1) is 13.6. The number of aryl methyl sites for hydroxylation is 2. The summed E-state index contributed by atoms with van der Waals surface area (Å²) in [6, 6.07) is 0. The maximum Gasteiger partial charge on any atom is 0.107 e. The molecule has 0 aromatic carbocycles. The minimum atomic E-state index is 0.795. The molecule has 0 aliphatic rings. The lowest BCUT2D eigenvalue weighted by Crippen LogP contribution is -2.19. The number of aromatic nitrogens is 1. The lowest BCUT2D eigenvalue weighted by molar-refractivity contribution is 0.133. The van der Waals surface area contributed by atoms with Crippen LogP contribution < -0.4 is 5.32 Å². The molecule has 16 heavy (non-hydrogen) atoms. The van der Waals surface area contributed by atoms with Gasteiger partial charge in [0, 0.05) is 24.6 Å². The van der Waals surface area contributed by atoms with E-state index in [-0.39, 0.29) is 0 Å². The Morgan fingerprint density at radius 2 is 2.12 bits per heavy atom. The van der Waals surface area contributed by atoms with Gasteiger partial charge in [0.25, 0.3) is 0 Å². The molecule has 0 amide bonds. The standard InChI is InChI=1S/C12H22N2OS/c1-4-5-7-15-8-6-13-9-12-14-10(2)11(3)16-12/h13H,4-9H2,1-3H3. The van der Waals surface area contributed by atoms with Crippen molar-refractivity contribution in [2.75, 3.05) is 19.8 Å². The molecule has 0 aliphatic carbocycles. The van der Waals surface area contributed by atoms with E-state index in [1.54, 1.807) is 11.3 Å². The van der Waals surface area contributed by atoms with Gasteiger partial charge in [0.15, 0.2) is 0 Å². The highest BCUT2D eigenvalue weighted by Gasteiger charge is 2.02. The monoisotopic (exact) mass is 242 g/mol. The number of hydrogen-bond donors (Lipinski definition) is 1. The van der Waals surface area contributed by atoms with E-state index >= 15 is 0 Å². The number of unbranched alkanes of at least 4 members (excludes halogenated alkanes) is 1. The van der Waals surface area contributed by atoms with Gasteiger partial charge in [-0.25, -0.2) is 4.98 Å². The van der Waals surface area contributed by atoms with Crippen molar-refractivity contribution < 1.29 is 4.74 Å². The molecule has 0 aliphatic heterocycles. The van der Waals surface area contributed by atoms with Gasteiger partial charge in [-0.3, -0.25) is 0 Å². The average molecular weight is 242 g/mol. The molecule has 1 N–H and O–H groups in total. The van der Waals surface area contributed by atoms with Crippen LogP contribution in [0.1, 0.15) is 35.3 Å². The van der Waals surface area contributed by atoms with Crippen molar-refractivity contribution in [2.24, 2.45) is 0 Å². The van der Waals surface area contributed by atoms with E-state index in [4.69, 9.17) is 4.74 Å².